The summed E-state index contributed by atoms with van der Waals surface area (Å²) in [7, 11) is 0. The summed E-state index contributed by atoms with van der Waals surface area (Å²) in [6, 6.07) is 1.66. The number of nitrogens with zero attached hydrogens (tertiary/aromatic N) is 1. The lowest BCUT2D eigenvalue weighted by Gasteiger charge is -2.10. The second kappa shape index (κ2) is 6.23. The van der Waals surface area contributed by atoms with Crippen LogP contribution in [0.1, 0.15) is 41.5 Å². The number of amides is 1. The van der Waals surface area contributed by atoms with Crippen LogP contribution in [0.5, 0.6) is 0 Å². The van der Waals surface area contributed by atoms with Gasteiger partial charge in [-0.3, -0.25) is 4.79 Å². The smallest absolute Gasteiger partial charge is 0.337 e. The van der Waals surface area contributed by atoms with Crippen LogP contribution in [0, 0.1) is 13.8 Å². The number of nitrogens with one attached hydrogen (secondary N) is 1. The Morgan fingerprint density at radius 3 is 2.56 bits per heavy atom. The molecule has 1 aromatic rings. The van der Waals surface area contributed by atoms with E-state index in [0.717, 1.165) is 17.8 Å². The largest absolute Gasteiger partial charge is 0.478 e. The van der Waals surface area contributed by atoms with Gasteiger partial charge in [-0.05, 0) is 26.3 Å². The molecule has 0 unspecified atom stereocenters. The van der Waals surface area contributed by atoms with E-state index in [9.17, 15) is 9.59 Å². The van der Waals surface area contributed by atoms with E-state index in [4.69, 9.17) is 5.11 Å². The first-order valence-electron chi connectivity index (χ1n) is 6.14. The first kappa shape index (κ1) is 14.3. The molecule has 0 aliphatic rings. The minimum absolute atomic E-state index is 0.0402. The van der Waals surface area contributed by atoms with Crippen LogP contribution in [-0.4, -0.2) is 28.1 Å². The van der Waals surface area contributed by atoms with Crippen molar-refractivity contribution in [2.75, 3.05) is 6.54 Å². The Morgan fingerprint density at radius 2 is 2.06 bits per heavy atom. The number of carbonyl (C=O) groups is 2. The zero-order valence-corrected chi connectivity index (χ0v) is 11.1. The van der Waals surface area contributed by atoms with Crippen molar-refractivity contribution in [3.05, 3.63) is 23.0 Å². The number of hydrogen-bond donors (Lipinski definition) is 2. The molecule has 0 spiro atoms. The van der Waals surface area contributed by atoms with E-state index < -0.39 is 5.97 Å². The molecule has 0 fully saturated rings. The summed E-state index contributed by atoms with van der Waals surface area (Å²) in [5, 5.41) is 11.8. The van der Waals surface area contributed by atoms with Crippen LogP contribution in [0.3, 0.4) is 0 Å². The first-order valence-corrected chi connectivity index (χ1v) is 6.14. The molecule has 0 saturated heterocycles. The Morgan fingerprint density at radius 1 is 1.39 bits per heavy atom. The minimum Gasteiger partial charge on any atom is -0.478 e. The average molecular weight is 252 g/mol. The average Bonchev–Trinajstić information content (AvgIpc) is 2.57. The third kappa shape index (κ3) is 3.35. The number of aryl methyl sites for hydroxylation is 1. The number of aromatic carboxylic acids is 1. The third-order valence-electron chi connectivity index (χ3n) is 2.94. The molecule has 2 N–H and O–H groups in total. The number of rotatable bonds is 6. The number of carbonyl (C=O) groups excluding carboxylic acids is 1. The summed E-state index contributed by atoms with van der Waals surface area (Å²) in [6.07, 6.45) is 1.36. The highest BCUT2D eigenvalue weighted by Crippen LogP contribution is 2.14. The molecule has 100 valence electrons. The molecule has 0 radical (unpaired) electrons. The van der Waals surface area contributed by atoms with Crippen molar-refractivity contribution in [2.45, 2.75) is 40.2 Å². The lowest BCUT2D eigenvalue weighted by Crippen LogP contribution is -2.27. The molecule has 0 atom stereocenters. The molecule has 0 bridgehead atoms. The zero-order chi connectivity index (χ0) is 13.7. The molecular weight excluding hydrogens is 232 g/mol. The van der Waals surface area contributed by atoms with Gasteiger partial charge < -0.3 is 15.0 Å². The maximum atomic E-state index is 11.3. The fourth-order valence-corrected chi connectivity index (χ4v) is 1.98. The normalized spacial score (nSPS) is 10.4. The van der Waals surface area contributed by atoms with Crippen LogP contribution in [-0.2, 0) is 11.3 Å². The van der Waals surface area contributed by atoms with E-state index in [1.165, 1.54) is 0 Å². The summed E-state index contributed by atoms with van der Waals surface area (Å²) in [6.45, 7) is 6.73. The van der Waals surface area contributed by atoms with Gasteiger partial charge in [0, 0.05) is 30.9 Å². The second-order valence-corrected chi connectivity index (χ2v) is 4.34. The minimum atomic E-state index is -0.913. The van der Waals surface area contributed by atoms with Crippen LogP contribution in [0.4, 0.5) is 0 Å². The molecule has 5 heteroatoms. The summed E-state index contributed by atoms with van der Waals surface area (Å²) < 4.78 is 1.91. The molecule has 0 saturated carbocycles. The van der Waals surface area contributed by atoms with Crippen molar-refractivity contribution in [1.82, 2.24) is 9.88 Å². The van der Waals surface area contributed by atoms with E-state index in [1.807, 2.05) is 18.4 Å². The fourth-order valence-electron chi connectivity index (χ4n) is 1.98. The van der Waals surface area contributed by atoms with Crippen LogP contribution in [0.2, 0.25) is 0 Å². The Kier molecular flexibility index (Phi) is 4.95. The molecule has 0 aliphatic heterocycles. The predicted molar refractivity (Wildman–Crippen MR) is 68.8 cm³/mol. The predicted octanol–water partition coefficient (Wildman–Crippen LogP) is 1.72. The highest BCUT2D eigenvalue weighted by Gasteiger charge is 2.14. The number of aromatic nitrogens is 1. The van der Waals surface area contributed by atoms with Gasteiger partial charge in [-0.2, -0.15) is 0 Å². The van der Waals surface area contributed by atoms with E-state index in [0.29, 0.717) is 25.1 Å². The van der Waals surface area contributed by atoms with E-state index in [-0.39, 0.29) is 5.91 Å². The van der Waals surface area contributed by atoms with Gasteiger partial charge in [-0.25, -0.2) is 4.79 Å². The highest BCUT2D eigenvalue weighted by molar-refractivity contribution is 5.89. The van der Waals surface area contributed by atoms with Crippen molar-refractivity contribution in [3.8, 4) is 0 Å². The van der Waals surface area contributed by atoms with E-state index >= 15 is 0 Å². The number of carboxylic acids is 1. The van der Waals surface area contributed by atoms with Crippen molar-refractivity contribution < 1.29 is 14.7 Å². The molecule has 1 heterocycles. The number of hydrogen-bond acceptors (Lipinski definition) is 2. The van der Waals surface area contributed by atoms with E-state index in [2.05, 4.69) is 5.32 Å². The van der Waals surface area contributed by atoms with Crippen molar-refractivity contribution in [2.24, 2.45) is 0 Å². The molecular formula is C13H20N2O3. The van der Waals surface area contributed by atoms with Gasteiger partial charge in [0.05, 0.1) is 5.56 Å². The van der Waals surface area contributed by atoms with Crippen LogP contribution in [0.15, 0.2) is 6.07 Å². The van der Waals surface area contributed by atoms with E-state index in [1.54, 1.807) is 13.0 Å². The second-order valence-electron chi connectivity index (χ2n) is 4.34. The van der Waals surface area contributed by atoms with Crippen LogP contribution >= 0.6 is 0 Å². The Balaban J connectivity index is 2.63. The standard InChI is InChI=1S/C13H20N2O3/c1-4-5-12(16)14-6-7-15-9(2)8-11(10(15)3)13(17)18/h8H,4-7H2,1-3H3,(H,14,16)(H,17,18). The van der Waals surface area contributed by atoms with Gasteiger partial charge in [0.2, 0.25) is 5.91 Å². The molecule has 1 rings (SSSR count). The Labute approximate surface area is 107 Å². The summed E-state index contributed by atoms with van der Waals surface area (Å²) in [5.74, 6) is -0.872. The molecule has 1 amide bonds. The summed E-state index contributed by atoms with van der Waals surface area (Å²) in [4.78, 5) is 22.3. The number of carboxylic acid groups (broad SMARTS) is 1. The Bertz CT molecular complexity index is 449. The third-order valence-corrected chi connectivity index (χ3v) is 2.94. The Hall–Kier alpha value is -1.78. The van der Waals surface area contributed by atoms with Crippen LogP contribution < -0.4 is 5.32 Å². The molecule has 0 aromatic carbocycles. The SMILES string of the molecule is CCCC(=O)NCCn1c(C)cc(C(=O)O)c1C. The topological polar surface area (TPSA) is 71.3 Å². The molecule has 18 heavy (non-hydrogen) atoms. The first-order chi connectivity index (χ1) is 8.47. The monoisotopic (exact) mass is 252 g/mol. The molecule has 5 nitrogen and oxygen atoms in total. The fraction of sp³-hybridized carbons (Fsp3) is 0.538. The van der Waals surface area contributed by atoms with Gasteiger partial charge in [-0.1, -0.05) is 6.92 Å². The molecule has 0 aliphatic carbocycles. The lowest BCUT2D eigenvalue weighted by atomic mass is 10.2. The van der Waals surface area contributed by atoms with Gasteiger partial charge in [0.25, 0.3) is 0 Å². The van der Waals surface area contributed by atoms with Gasteiger partial charge >= 0.3 is 5.97 Å². The zero-order valence-electron chi connectivity index (χ0n) is 11.1. The van der Waals surface area contributed by atoms with Crippen molar-refractivity contribution in [3.63, 3.8) is 0 Å². The maximum Gasteiger partial charge on any atom is 0.337 e. The highest BCUT2D eigenvalue weighted by atomic mass is 16.4. The van der Waals surface area contributed by atoms with Gasteiger partial charge in [0.1, 0.15) is 0 Å². The van der Waals surface area contributed by atoms with Crippen LogP contribution in [0.25, 0.3) is 0 Å². The van der Waals surface area contributed by atoms with Gasteiger partial charge in [-0.15, -0.1) is 0 Å². The maximum absolute atomic E-state index is 11.3. The van der Waals surface area contributed by atoms with Gasteiger partial charge in [0.15, 0.2) is 0 Å². The van der Waals surface area contributed by atoms with Crippen molar-refractivity contribution in [1.29, 1.82) is 0 Å². The van der Waals surface area contributed by atoms with Crippen molar-refractivity contribution >= 4 is 11.9 Å². The molecule has 1 aromatic heterocycles. The lowest BCUT2D eigenvalue weighted by molar-refractivity contribution is -0.121. The summed E-state index contributed by atoms with van der Waals surface area (Å²) >= 11 is 0. The quantitative estimate of drug-likeness (QED) is 0.809. The summed E-state index contributed by atoms with van der Waals surface area (Å²) in [5.41, 5.74) is 1.95.